The largest absolute Gasteiger partial charge is 0.301 e. The number of rotatable bonds is 4. The number of hydrogen-bond donors (Lipinski definition) is 2. The third kappa shape index (κ3) is 2.57. The first kappa shape index (κ1) is 13.5. The van der Waals surface area contributed by atoms with Gasteiger partial charge in [0.05, 0.1) is 24.4 Å². The Morgan fingerprint density at radius 3 is 2.76 bits per heavy atom. The molecule has 1 fully saturated rings. The second-order valence-corrected chi connectivity index (χ2v) is 5.06. The monoisotopic (exact) mass is 284 g/mol. The molecule has 2 N–H and O–H groups in total. The first-order valence-corrected chi connectivity index (χ1v) is 6.78. The Balaban J connectivity index is 1.72. The van der Waals surface area contributed by atoms with Crippen molar-refractivity contribution in [3.63, 3.8) is 0 Å². The van der Waals surface area contributed by atoms with Gasteiger partial charge in [0.25, 0.3) is 0 Å². The Bertz CT molecular complexity index is 665. The highest BCUT2D eigenvalue weighted by Gasteiger charge is 2.35. The van der Waals surface area contributed by atoms with Crippen LogP contribution in [0.2, 0.25) is 0 Å². The summed E-state index contributed by atoms with van der Waals surface area (Å²) in [6.07, 6.45) is 1.95. The van der Waals surface area contributed by atoms with Gasteiger partial charge in [0.15, 0.2) is 0 Å². The van der Waals surface area contributed by atoms with Gasteiger partial charge in [-0.2, -0.15) is 5.10 Å². The van der Waals surface area contributed by atoms with E-state index in [1.165, 1.54) is 11.9 Å². The summed E-state index contributed by atoms with van der Waals surface area (Å²) >= 11 is 0. The van der Waals surface area contributed by atoms with Crippen LogP contribution in [0.4, 0.5) is 0 Å². The quantitative estimate of drug-likeness (QED) is 0.819. The van der Waals surface area contributed by atoms with Crippen LogP contribution in [0.25, 0.3) is 11.3 Å². The molecule has 21 heavy (non-hydrogen) atoms. The van der Waals surface area contributed by atoms with Gasteiger partial charge in [-0.25, -0.2) is 0 Å². The molecule has 2 heterocycles. The number of benzene rings is 1. The van der Waals surface area contributed by atoms with Crippen LogP contribution in [-0.2, 0) is 16.1 Å². The summed E-state index contributed by atoms with van der Waals surface area (Å²) in [5.41, 5.74) is 2.93. The van der Waals surface area contributed by atoms with Gasteiger partial charge in [-0.05, 0) is 5.56 Å². The molecule has 0 bridgehead atoms. The van der Waals surface area contributed by atoms with E-state index in [9.17, 15) is 9.59 Å². The van der Waals surface area contributed by atoms with E-state index in [0.29, 0.717) is 6.54 Å². The zero-order valence-electron chi connectivity index (χ0n) is 11.7. The normalized spacial score (nSPS) is 18.5. The van der Waals surface area contributed by atoms with Crippen molar-refractivity contribution >= 4 is 11.8 Å². The molecule has 1 aliphatic rings. The predicted molar refractivity (Wildman–Crippen MR) is 77.0 cm³/mol. The van der Waals surface area contributed by atoms with Crippen molar-refractivity contribution in [2.24, 2.45) is 0 Å². The summed E-state index contributed by atoms with van der Waals surface area (Å²) in [4.78, 5) is 24.5. The van der Waals surface area contributed by atoms with Crippen molar-refractivity contribution in [3.05, 3.63) is 42.1 Å². The van der Waals surface area contributed by atoms with Crippen LogP contribution in [0.5, 0.6) is 0 Å². The molecule has 6 nitrogen and oxygen atoms in total. The van der Waals surface area contributed by atoms with E-state index < -0.39 is 6.04 Å². The zero-order chi connectivity index (χ0) is 14.8. The molecule has 3 rings (SSSR count). The van der Waals surface area contributed by atoms with Crippen LogP contribution in [0, 0.1) is 0 Å². The van der Waals surface area contributed by atoms with E-state index in [-0.39, 0.29) is 18.2 Å². The number of carbonyl (C=O) groups is 2. The Morgan fingerprint density at radius 2 is 2.10 bits per heavy atom. The molecule has 1 saturated heterocycles. The minimum Gasteiger partial charge on any atom is -0.301 e. The van der Waals surface area contributed by atoms with Crippen molar-refractivity contribution in [1.29, 1.82) is 0 Å². The highest BCUT2D eigenvalue weighted by Crippen LogP contribution is 2.21. The number of amides is 2. The lowest BCUT2D eigenvalue weighted by atomic mass is 10.1. The average molecular weight is 284 g/mol. The lowest BCUT2D eigenvalue weighted by Gasteiger charge is -2.11. The van der Waals surface area contributed by atoms with E-state index >= 15 is 0 Å². The van der Waals surface area contributed by atoms with Crippen LogP contribution in [0.3, 0.4) is 0 Å². The lowest BCUT2D eigenvalue weighted by molar-refractivity contribution is -0.137. The number of aromatic amines is 1. The maximum atomic E-state index is 11.8. The van der Waals surface area contributed by atoms with Crippen molar-refractivity contribution < 1.29 is 9.59 Å². The first-order valence-electron chi connectivity index (χ1n) is 6.78. The number of hydrogen-bond acceptors (Lipinski definition) is 4. The van der Waals surface area contributed by atoms with E-state index in [1.54, 1.807) is 6.20 Å². The fourth-order valence-corrected chi connectivity index (χ4v) is 2.45. The fourth-order valence-electron chi connectivity index (χ4n) is 2.45. The summed E-state index contributed by atoms with van der Waals surface area (Å²) < 4.78 is 0. The highest BCUT2D eigenvalue weighted by atomic mass is 16.2. The minimum atomic E-state index is -0.443. The van der Waals surface area contributed by atoms with Crippen LogP contribution < -0.4 is 5.32 Å². The van der Waals surface area contributed by atoms with Crippen molar-refractivity contribution in [1.82, 2.24) is 20.4 Å². The number of likely N-dealkylation sites (tertiary alicyclic amines) is 1. The molecule has 2 amide bonds. The Hall–Kier alpha value is -2.47. The second-order valence-electron chi connectivity index (χ2n) is 5.06. The molecule has 0 radical (unpaired) electrons. The molecule has 2 aromatic rings. The molecule has 108 valence electrons. The number of likely N-dealkylation sites (N-methyl/N-ethyl adjacent to an activating group) is 1. The Labute approximate surface area is 122 Å². The standard InChI is InChI=1S/C15H16N4O2/c1-19-13(20)7-12(15(19)21)16-8-11-9-17-18-14(11)10-5-3-2-4-6-10/h2-6,9,12,16H,7-8H2,1H3,(H,17,18). The minimum absolute atomic E-state index is 0.145. The number of aromatic nitrogens is 2. The molecule has 1 aromatic heterocycles. The van der Waals surface area contributed by atoms with Gasteiger partial charge in [0.1, 0.15) is 0 Å². The molecule has 1 unspecified atom stereocenters. The molecule has 0 saturated carbocycles. The lowest BCUT2D eigenvalue weighted by Crippen LogP contribution is -2.36. The van der Waals surface area contributed by atoms with Gasteiger partial charge in [-0.15, -0.1) is 0 Å². The van der Waals surface area contributed by atoms with Crippen molar-refractivity contribution in [3.8, 4) is 11.3 Å². The summed E-state index contributed by atoms with van der Waals surface area (Å²) in [6, 6.07) is 9.42. The van der Waals surface area contributed by atoms with Crippen LogP contribution >= 0.6 is 0 Å². The highest BCUT2D eigenvalue weighted by molar-refractivity contribution is 6.05. The SMILES string of the molecule is CN1C(=O)CC(NCc2cn[nH]c2-c2ccccc2)C1=O. The molecule has 0 spiro atoms. The average Bonchev–Trinajstić information content (AvgIpc) is 3.07. The van der Waals surface area contributed by atoms with Gasteiger partial charge in [-0.3, -0.25) is 19.6 Å². The van der Waals surface area contributed by atoms with Gasteiger partial charge in [0, 0.05) is 19.2 Å². The summed E-state index contributed by atoms with van der Waals surface area (Å²) in [7, 11) is 1.51. The Kier molecular flexibility index (Phi) is 3.53. The molecule has 1 aromatic carbocycles. The summed E-state index contributed by atoms with van der Waals surface area (Å²) in [5.74, 6) is -0.322. The van der Waals surface area contributed by atoms with Crippen molar-refractivity contribution in [2.75, 3.05) is 7.05 Å². The molecule has 0 aliphatic carbocycles. The van der Waals surface area contributed by atoms with Gasteiger partial charge < -0.3 is 5.32 Å². The topological polar surface area (TPSA) is 78.1 Å². The maximum Gasteiger partial charge on any atom is 0.246 e. The van der Waals surface area contributed by atoms with Gasteiger partial charge in [0.2, 0.25) is 11.8 Å². The van der Waals surface area contributed by atoms with E-state index in [2.05, 4.69) is 15.5 Å². The molecular formula is C15H16N4O2. The van der Waals surface area contributed by atoms with E-state index in [0.717, 1.165) is 16.8 Å². The molecule has 1 aliphatic heterocycles. The molecule has 1 atom stereocenters. The summed E-state index contributed by atoms with van der Waals surface area (Å²) in [5, 5.41) is 10.2. The molecule has 6 heteroatoms. The van der Waals surface area contributed by atoms with Gasteiger partial charge in [-0.1, -0.05) is 30.3 Å². The smallest absolute Gasteiger partial charge is 0.246 e. The summed E-state index contributed by atoms with van der Waals surface area (Å²) in [6.45, 7) is 0.484. The number of nitrogens with zero attached hydrogens (tertiary/aromatic N) is 2. The van der Waals surface area contributed by atoms with Gasteiger partial charge >= 0.3 is 0 Å². The number of imide groups is 1. The number of carbonyl (C=O) groups excluding carboxylic acids is 2. The van der Waals surface area contributed by atoms with E-state index in [1.807, 2.05) is 30.3 Å². The zero-order valence-corrected chi connectivity index (χ0v) is 11.7. The number of nitrogens with one attached hydrogen (secondary N) is 2. The fraction of sp³-hybridized carbons (Fsp3) is 0.267. The second kappa shape index (κ2) is 5.49. The van der Waals surface area contributed by atoms with Crippen LogP contribution in [0.15, 0.2) is 36.5 Å². The van der Waals surface area contributed by atoms with E-state index in [4.69, 9.17) is 0 Å². The van der Waals surface area contributed by atoms with Crippen LogP contribution in [0.1, 0.15) is 12.0 Å². The van der Waals surface area contributed by atoms with Crippen molar-refractivity contribution in [2.45, 2.75) is 19.0 Å². The molecular weight excluding hydrogens is 268 g/mol. The first-order chi connectivity index (χ1) is 10.2. The third-order valence-corrected chi connectivity index (χ3v) is 3.70. The van der Waals surface area contributed by atoms with Crippen LogP contribution in [-0.4, -0.2) is 40.0 Å². The number of H-pyrrole nitrogens is 1. The maximum absolute atomic E-state index is 11.8. The predicted octanol–water partition coefficient (Wildman–Crippen LogP) is 0.924. The Morgan fingerprint density at radius 1 is 1.33 bits per heavy atom. The third-order valence-electron chi connectivity index (χ3n) is 3.70.